The average molecular weight is 266 g/mol. The minimum atomic E-state index is 0.906. The van der Waals surface area contributed by atoms with E-state index >= 15 is 0 Å². The summed E-state index contributed by atoms with van der Waals surface area (Å²) in [6, 6.07) is 18.8. The van der Waals surface area contributed by atoms with Gasteiger partial charge in [-0.05, 0) is 41.7 Å². The molecular weight excluding hydrogens is 244 g/mol. The highest BCUT2D eigenvalue weighted by Gasteiger charge is 2.02. The summed E-state index contributed by atoms with van der Waals surface area (Å²) in [6.07, 6.45) is 5.82. The van der Waals surface area contributed by atoms with Crippen molar-refractivity contribution in [2.45, 2.75) is 26.2 Å². The first-order chi connectivity index (χ1) is 9.83. The predicted molar refractivity (Wildman–Crippen MR) is 86.8 cm³/mol. The zero-order valence-electron chi connectivity index (χ0n) is 12.3. The van der Waals surface area contributed by atoms with Crippen LogP contribution in [-0.2, 0) is 0 Å². The number of allylic oxidation sites excluding steroid dienone is 1. The van der Waals surface area contributed by atoms with Crippen LogP contribution in [0.4, 0.5) is 0 Å². The minimum Gasteiger partial charge on any atom is -0.497 e. The molecule has 0 aliphatic carbocycles. The summed E-state index contributed by atoms with van der Waals surface area (Å²) < 4.78 is 5.23. The van der Waals surface area contributed by atoms with E-state index in [4.69, 9.17) is 4.74 Å². The second kappa shape index (κ2) is 7.54. The molecule has 0 heterocycles. The van der Waals surface area contributed by atoms with Crippen LogP contribution < -0.4 is 4.74 Å². The van der Waals surface area contributed by atoms with Gasteiger partial charge in [0, 0.05) is 0 Å². The number of hydrogen-bond acceptors (Lipinski definition) is 1. The van der Waals surface area contributed by atoms with Crippen LogP contribution >= 0.6 is 0 Å². The van der Waals surface area contributed by atoms with Crippen molar-refractivity contribution in [3.05, 3.63) is 65.7 Å². The van der Waals surface area contributed by atoms with Crippen molar-refractivity contribution >= 4 is 11.6 Å². The van der Waals surface area contributed by atoms with Crippen LogP contribution in [0.5, 0.6) is 5.75 Å². The summed E-state index contributed by atoms with van der Waals surface area (Å²) in [5.74, 6) is 0.906. The van der Waals surface area contributed by atoms with Crippen LogP contribution in [0.2, 0.25) is 0 Å². The lowest BCUT2D eigenvalue weighted by atomic mass is 9.98. The van der Waals surface area contributed by atoms with Crippen LogP contribution in [-0.4, -0.2) is 7.11 Å². The van der Waals surface area contributed by atoms with Gasteiger partial charge in [-0.3, -0.25) is 0 Å². The van der Waals surface area contributed by atoms with Gasteiger partial charge in [0.2, 0.25) is 0 Å². The highest BCUT2D eigenvalue weighted by molar-refractivity contribution is 5.81. The molecule has 0 saturated carbocycles. The van der Waals surface area contributed by atoms with Gasteiger partial charge < -0.3 is 4.74 Å². The third-order valence-electron chi connectivity index (χ3n) is 3.40. The average Bonchev–Trinajstić information content (AvgIpc) is 2.52. The maximum absolute atomic E-state index is 5.23. The van der Waals surface area contributed by atoms with E-state index < -0.39 is 0 Å². The molecule has 0 saturated heterocycles. The van der Waals surface area contributed by atoms with Crippen molar-refractivity contribution in [2.24, 2.45) is 0 Å². The van der Waals surface area contributed by atoms with E-state index in [-0.39, 0.29) is 0 Å². The largest absolute Gasteiger partial charge is 0.497 e. The van der Waals surface area contributed by atoms with Crippen LogP contribution in [0, 0.1) is 0 Å². The molecule has 20 heavy (non-hydrogen) atoms. The third-order valence-corrected chi connectivity index (χ3v) is 3.40. The smallest absolute Gasteiger partial charge is 0.118 e. The summed E-state index contributed by atoms with van der Waals surface area (Å²) in [6.45, 7) is 2.23. The number of methoxy groups -OCH3 is 1. The Hall–Kier alpha value is -2.02. The summed E-state index contributed by atoms with van der Waals surface area (Å²) in [5, 5.41) is 0. The van der Waals surface area contributed by atoms with Crippen molar-refractivity contribution in [1.29, 1.82) is 0 Å². The van der Waals surface area contributed by atoms with Gasteiger partial charge in [-0.2, -0.15) is 0 Å². The lowest BCUT2D eigenvalue weighted by Gasteiger charge is -2.09. The van der Waals surface area contributed by atoms with E-state index in [1.54, 1.807) is 7.11 Å². The number of unbranched alkanes of at least 4 members (excludes halogenated alkanes) is 1. The van der Waals surface area contributed by atoms with Gasteiger partial charge in [0.1, 0.15) is 5.75 Å². The van der Waals surface area contributed by atoms with Gasteiger partial charge in [-0.1, -0.05) is 61.9 Å². The molecule has 0 unspecified atom stereocenters. The van der Waals surface area contributed by atoms with Crippen LogP contribution in [0.25, 0.3) is 11.6 Å². The number of benzene rings is 2. The molecule has 2 aromatic carbocycles. The molecule has 0 fully saturated rings. The molecule has 0 aromatic heterocycles. The standard InChI is InChI=1S/C19H22O/c1-3-4-10-18(15-16-8-6-5-7-9-16)17-11-13-19(20-2)14-12-17/h5-9,11-15H,3-4,10H2,1-2H3/b18-15+. The van der Waals surface area contributed by atoms with E-state index in [1.807, 2.05) is 12.1 Å². The van der Waals surface area contributed by atoms with Gasteiger partial charge in [-0.15, -0.1) is 0 Å². The fraction of sp³-hybridized carbons (Fsp3) is 0.263. The monoisotopic (exact) mass is 266 g/mol. The van der Waals surface area contributed by atoms with Gasteiger partial charge in [-0.25, -0.2) is 0 Å². The first-order valence-corrected chi connectivity index (χ1v) is 7.23. The van der Waals surface area contributed by atoms with Crippen molar-refractivity contribution in [3.8, 4) is 5.75 Å². The van der Waals surface area contributed by atoms with Crippen molar-refractivity contribution in [3.63, 3.8) is 0 Å². The highest BCUT2D eigenvalue weighted by atomic mass is 16.5. The fourth-order valence-corrected chi connectivity index (χ4v) is 2.22. The number of ether oxygens (including phenoxy) is 1. The molecule has 0 atom stereocenters. The van der Waals surface area contributed by atoms with Crippen LogP contribution in [0.3, 0.4) is 0 Å². The molecule has 0 radical (unpaired) electrons. The molecule has 104 valence electrons. The normalized spacial score (nSPS) is 11.4. The Morgan fingerprint density at radius 3 is 2.30 bits per heavy atom. The van der Waals surface area contributed by atoms with E-state index in [1.165, 1.54) is 29.5 Å². The van der Waals surface area contributed by atoms with E-state index in [9.17, 15) is 0 Å². The topological polar surface area (TPSA) is 9.23 Å². The zero-order chi connectivity index (χ0) is 14.2. The summed E-state index contributed by atoms with van der Waals surface area (Å²) >= 11 is 0. The van der Waals surface area contributed by atoms with Crippen molar-refractivity contribution in [1.82, 2.24) is 0 Å². The Bertz CT molecular complexity index is 538. The maximum atomic E-state index is 5.23. The van der Waals surface area contributed by atoms with Gasteiger partial charge in [0.25, 0.3) is 0 Å². The van der Waals surface area contributed by atoms with Gasteiger partial charge >= 0.3 is 0 Å². The Labute approximate surface area is 121 Å². The Morgan fingerprint density at radius 2 is 1.70 bits per heavy atom. The highest BCUT2D eigenvalue weighted by Crippen LogP contribution is 2.25. The maximum Gasteiger partial charge on any atom is 0.118 e. The third kappa shape index (κ3) is 3.99. The summed E-state index contributed by atoms with van der Waals surface area (Å²) in [4.78, 5) is 0. The molecule has 0 amide bonds. The SMILES string of the molecule is CCCC/C(=C\c1ccccc1)c1ccc(OC)cc1. The molecule has 2 aromatic rings. The summed E-state index contributed by atoms with van der Waals surface area (Å²) in [5.41, 5.74) is 3.93. The minimum absolute atomic E-state index is 0.906. The van der Waals surface area contributed by atoms with Gasteiger partial charge in [0.05, 0.1) is 7.11 Å². The predicted octanol–water partition coefficient (Wildman–Crippen LogP) is 5.43. The molecule has 0 N–H and O–H groups in total. The van der Waals surface area contributed by atoms with Crippen molar-refractivity contribution < 1.29 is 4.74 Å². The lowest BCUT2D eigenvalue weighted by Crippen LogP contribution is -1.88. The quantitative estimate of drug-likeness (QED) is 0.634. The lowest BCUT2D eigenvalue weighted by molar-refractivity contribution is 0.415. The van der Waals surface area contributed by atoms with Gasteiger partial charge in [0.15, 0.2) is 0 Å². The second-order valence-corrected chi connectivity index (χ2v) is 4.91. The molecule has 1 nitrogen and oxygen atoms in total. The van der Waals surface area contributed by atoms with E-state index in [0.29, 0.717) is 0 Å². The van der Waals surface area contributed by atoms with Crippen LogP contribution in [0.1, 0.15) is 37.3 Å². The Morgan fingerprint density at radius 1 is 1.00 bits per heavy atom. The first-order valence-electron chi connectivity index (χ1n) is 7.23. The molecule has 2 rings (SSSR count). The fourth-order valence-electron chi connectivity index (χ4n) is 2.22. The first kappa shape index (κ1) is 14.4. The molecule has 0 spiro atoms. The summed E-state index contributed by atoms with van der Waals surface area (Å²) in [7, 11) is 1.70. The molecule has 0 aliphatic heterocycles. The Balaban J connectivity index is 2.28. The molecule has 1 heteroatoms. The second-order valence-electron chi connectivity index (χ2n) is 4.91. The van der Waals surface area contributed by atoms with E-state index in [0.717, 1.165) is 12.2 Å². The Kier molecular flexibility index (Phi) is 5.43. The van der Waals surface area contributed by atoms with Crippen LogP contribution in [0.15, 0.2) is 54.6 Å². The number of hydrogen-bond donors (Lipinski definition) is 0. The van der Waals surface area contributed by atoms with E-state index in [2.05, 4.69) is 55.5 Å². The molecule has 0 bridgehead atoms. The van der Waals surface area contributed by atoms with Crippen molar-refractivity contribution in [2.75, 3.05) is 7.11 Å². The number of rotatable bonds is 6. The molecular formula is C19H22O. The molecule has 0 aliphatic rings. The zero-order valence-corrected chi connectivity index (χ0v) is 12.3.